The van der Waals surface area contributed by atoms with Crippen LogP contribution in [0.5, 0.6) is 0 Å². The number of nitrogens with one attached hydrogen (secondary N) is 1. The highest BCUT2D eigenvalue weighted by Gasteiger charge is 2.22. The topological polar surface area (TPSA) is 50.7 Å². The molecule has 7 heteroatoms. The Balaban J connectivity index is 1.53. The Labute approximate surface area is 147 Å². The number of hydrogen-bond donors (Lipinski definition) is 1. The number of para-hydroxylation sites is 1. The van der Waals surface area contributed by atoms with Crippen molar-refractivity contribution >= 4 is 50.7 Å². The lowest BCUT2D eigenvalue weighted by atomic mass is 10.1. The van der Waals surface area contributed by atoms with E-state index < -0.39 is 0 Å². The summed E-state index contributed by atoms with van der Waals surface area (Å²) in [5, 5.41) is 14.5. The van der Waals surface area contributed by atoms with Crippen LogP contribution >= 0.6 is 34.7 Å². The standard InChI is InChI=1S/C16H15ClN4S2/c1-9-11-4-2-3-5-12(11)19-13(14(9)17)8-22-16-21-20-15(23-16)18-10-6-7-10/h2-5,10H,6-8H2,1H3,(H,18,20). The van der Waals surface area contributed by atoms with E-state index in [0.29, 0.717) is 11.8 Å². The number of benzene rings is 1. The smallest absolute Gasteiger partial charge is 0.206 e. The summed E-state index contributed by atoms with van der Waals surface area (Å²) in [4.78, 5) is 4.70. The maximum atomic E-state index is 6.50. The number of aryl methyl sites for hydroxylation is 1. The molecule has 1 aromatic carbocycles. The second-order valence-corrected chi connectivity index (χ2v) is 8.17. The van der Waals surface area contributed by atoms with Crippen LogP contribution in [0.2, 0.25) is 5.02 Å². The molecule has 0 radical (unpaired) electrons. The molecule has 4 nitrogen and oxygen atoms in total. The van der Waals surface area contributed by atoms with E-state index in [1.807, 2.05) is 25.1 Å². The number of thioether (sulfide) groups is 1. The number of rotatable bonds is 5. The van der Waals surface area contributed by atoms with Crippen LogP contribution in [0.1, 0.15) is 24.1 Å². The summed E-state index contributed by atoms with van der Waals surface area (Å²) in [7, 11) is 0. The van der Waals surface area contributed by atoms with E-state index in [-0.39, 0.29) is 0 Å². The minimum absolute atomic E-state index is 0.597. The minimum Gasteiger partial charge on any atom is -0.357 e. The Kier molecular flexibility index (Phi) is 4.13. The minimum atomic E-state index is 0.597. The molecule has 23 heavy (non-hydrogen) atoms. The van der Waals surface area contributed by atoms with Gasteiger partial charge in [-0.25, -0.2) is 0 Å². The summed E-state index contributed by atoms with van der Waals surface area (Å²) in [6, 6.07) is 8.69. The zero-order valence-corrected chi connectivity index (χ0v) is 14.9. The van der Waals surface area contributed by atoms with Gasteiger partial charge in [0, 0.05) is 17.2 Å². The zero-order valence-electron chi connectivity index (χ0n) is 12.5. The van der Waals surface area contributed by atoms with Crippen LogP contribution in [0, 0.1) is 6.92 Å². The van der Waals surface area contributed by atoms with E-state index in [1.165, 1.54) is 12.8 Å². The molecule has 1 aliphatic carbocycles. The van der Waals surface area contributed by atoms with E-state index in [1.54, 1.807) is 23.1 Å². The van der Waals surface area contributed by atoms with Crippen molar-refractivity contribution in [2.75, 3.05) is 5.32 Å². The molecule has 1 fully saturated rings. The molecular weight excluding hydrogens is 348 g/mol. The maximum Gasteiger partial charge on any atom is 0.206 e. The van der Waals surface area contributed by atoms with Gasteiger partial charge in [0.1, 0.15) is 0 Å². The SMILES string of the molecule is Cc1c(Cl)c(CSc2nnc(NC3CC3)s2)nc2ccccc12. The Hall–Kier alpha value is -1.37. The highest BCUT2D eigenvalue weighted by molar-refractivity contribution is 8.00. The normalized spacial score (nSPS) is 14.3. The molecule has 1 saturated carbocycles. The van der Waals surface area contributed by atoms with Gasteiger partial charge in [0.15, 0.2) is 4.34 Å². The quantitative estimate of drug-likeness (QED) is 0.653. The van der Waals surface area contributed by atoms with Crippen molar-refractivity contribution in [1.29, 1.82) is 0 Å². The monoisotopic (exact) mass is 362 g/mol. The number of pyridine rings is 1. The van der Waals surface area contributed by atoms with Gasteiger partial charge in [0.25, 0.3) is 0 Å². The predicted octanol–water partition coefficient (Wildman–Crippen LogP) is 4.91. The van der Waals surface area contributed by atoms with Gasteiger partial charge in [0.2, 0.25) is 5.13 Å². The van der Waals surface area contributed by atoms with E-state index in [0.717, 1.165) is 36.7 Å². The molecule has 0 saturated heterocycles. The predicted molar refractivity (Wildman–Crippen MR) is 97.6 cm³/mol. The third-order valence-electron chi connectivity index (χ3n) is 3.79. The highest BCUT2D eigenvalue weighted by Crippen LogP contribution is 2.34. The Morgan fingerprint density at radius 2 is 2.13 bits per heavy atom. The molecule has 2 aromatic heterocycles. The molecule has 1 aliphatic rings. The number of nitrogens with zero attached hydrogens (tertiary/aromatic N) is 3. The summed E-state index contributed by atoms with van der Waals surface area (Å²) in [5.74, 6) is 0.697. The van der Waals surface area contributed by atoms with E-state index in [2.05, 4.69) is 21.6 Å². The number of halogens is 1. The lowest BCUT2D eigenvalue weighted by Gasteiger charge is -2.09. The molecule has 0 aliphatic heterocycles. The zero-order chi connectivity index (χ0) is 15.8. The van der Waals surface area contributed by atoms with Gasteiger partial charge < -0.3 is 5.32 Å². The third-order valence-corrected chi connectivity index (χ3v) is 6.29. The first kappa shape index (κ1) is 15.2. The average molecular weight is 363 g/mol. The second kappa shape index (κ2) is 6.26. The molecule has 2 heterocycles. The largest absolute Gasteiger partial charge is 0.357 e. The molecule has 0 unspecified atom stereocenters. The van der Waals surface area contributed by atoms with Crippen LogP contribution in [0.3, 0.4) is 0 Å². The fraction of sp³-hybridized carbons (Fsp3) is 0.312. The number of anilines is 1. The van der Waals surface area contributed by atoms with Crippen molar-refractivity contribution < 1.29 is 0 Å². The molecule has 0 bridgehead atoms. The molecule has 0 atom stereocenters. The van der Waals surface area contributed by atoms with Crippen molar-refractivity contribution in [2.45, 2.75) is 35.9 Å². The number of aromatic nitrogens is 3. The van der Waals surface area contributed by atoms with Gasteiger partial charge in [-0.1, -0.05) is 52.9 Å². The lowest BCUT2D eigenvalue weighted by molar-refractivity contribution is 0.994. The van der Waals surface area contributed by atoms with Crippen LogP contribution in [0.4, 0.5) is 5.13 Å². The summed E-state index contributed by atoms with van der Waals surface area (Å²) in [6.45, 7) is 2.04. The maximum absolute atomic E-state index is 6.50. The van der Waals surface area contributed by atoms with Crippen molar-refractivity contribution in [2.24, 2.45) is 0 Å². The van der Waals surface area contributed by atoms with Crippen molar-refractivity contribution in [3.05, 3.63) is 40.5 Å². The molecule has 3 aromatic rings. The molecule has 4 rings (SSSR count). The van der Waals surface area contributed by atoms with Gasteiger partial charge in [-0.15, -0.1) is 10.2 Å². The average Bonchev–Trinajstić information content (AvgIpc) is 3.26. The van der Waals surface area contributed by atoms with Gasteiger partial charge >= 0.3 is 0 Å². The van der Waals surface area contributed by atoms with E-state index >= 15 is 0 Å². The van der Waals surface area contributed by atoms with Gasteiger partial charge in [-0.05, 0) is 31.4 Å². The first-order valence-electron chi connectivity index (χ1n) is 7.47. The fourth-order valence-electron chi connectivity index (χ4n) is 2.37. The Bertz CT molecular complexity index is 860. The summed E-state index contributed by atoms with van der Waals surface area (Å²) in [6.07, 6.45) is 2.47. The van der Waals surface area contributed by atoms with Crippen LogP contribution in [0.25, 0.3) is 10.9 Å². The lowest BCUT2D eigenvalue weighted by Crippen LogP contribution is -1.99. The van der Waals surface area contributed by atoms with E-state index in [4.69, 9.17) is 16.6 Å². The fourth-order valence-corrected chi connectivity index (χ4v) is 4.43. The Morgan fingerprint density at radius 1 is 1.30 bits per heavy atom. The van der Waals surface area contributed by atoms with Crippen LogP contribution in [-0.2, 0) is 5.75 Å². The molecule has 0 spiro atoms. The van der Waals surface area contributed by atoms with Crippen molar-refractivity contribution in [1.82, 2.24) is 15.2 Å². The second-order valence-electron chi connectivity index (χ2n) is 5.60. The first-order valence-corrected chi connectivity index (χ1v) is 9.65. The van der Waals surface area contributed by atoms with E-state index in [9.17, 15) is 0 Å². The molecule has 1 N–H and O–H groups in total. The summed E-state index contributed by atoms with van der Waals surface area (Å²) in [5.41, 5.74) is 2.97. The summed E-state index contributed by atoms with van der Waals surface area (Å²) >= 11 is 9.72. The van der Waals surface area contributed by atoms with Crippen LogP contribution < -0.4 is 5.32 Å². The van der Waals surface area contributed by atoms with Crippen molar-refractivity contribution in [3.8, 4) is 0 Å². The number of fused-ring (bicyclic) bond motifs is 1. The Morgan fingerprint density at radius 3 is 2.96 bits per heavy atom. The number of hydrogen-bond acceptors (Lipinski definition) is 6. The molecule has 118 valence electrons. The molecule has 0 amide bonds. The van der Waals surface area contributed by atoms with Crippen molar-refractivity contribution in [3.63, 3.8) is 0 Å². The first-order chi connectivity index (χ1) is 11.2. The third kappa shape index (κ3) is 3.29. The van der Waals surface area contributed by atoms with Gasteiger partial charge in [0.05, 0.1) is 16.2 Å². The highest BCUT2D eigenvalue weighted by atomic mass is 35.5. The molecular formula is C16H15ClN4S2. The van der Waals surface area contributed by atoms with Crippen LogP contribution in [0.15, 0.2) is 28.6 Å². The summed E-state index contributed by atoms with van der Waals surface area (Å²) < 4.78 is 0.942. The van der Waals surface area contributed by atoms with Gasteiger partial charge in [-0.3, -0.25) is 4.98 Å². The van der Waals surface area contributed by atoms with Crippen LogP contribution in [-0.4, -0.2) is 21.2 Å². The van der Waals surface area contributed by atoms with Gasteiger partial charge in [-0.2, -0.15) is 0 Å².